The Hall–Kier alpha value is -2.99. The topological polar surface area (TPSA) is 102 Å². The van der Waals surface area contributed by atoms with Gasteiger partial charge in [-0.15, -0.1) is 0 Å². The van der Waals surface area contributed by atoms with Crippen LogP contribution in [0.2, 0.25) is 18.1 Å². The van der Waals surface area contributed by atoms with Crippen molar-refractivity contribution < 1.29 is 27.2 Å². The number of nitrogens with zero attached hydrogens (tertiary/aromatic N) is 2. The first-order valence-corrected chi connectivity index (χ1v) is 15.2. The molecule has 2 atom stereocenters. The van der Waals surface area contributed by atoms with Crippen molar-refractivity contribution in [1.82, 2.24) is 14.9 Å². The van der Waals surface area contributed by atoms with Gasteiger partial charge in [-0.25, -0.2) is 4.98 Å². The first kappa shape index (κ1) is 31.2. The highest BCUT2D eigenvalue weighted by atomic mass is 28.4. The fraction of sp³-hybridized carbons (Fsp3) is 0.538. The quantitative estimate of drug-likeness (QED) is 0.427. The molecule has 0 radical (unpaired) electrons. The van der Waals surface area contributed by atoms with Gasteiger partial charge < -0.3 is 15.1 Å². The van der Waals surface area contributed by atoms with Crippen LogP contribution in [0.3, 0.4) is 0 Å². The highest BCUT2D eigenvalue weighted by Crippen LogP contribution is 2.41. The maximum absolute atomic E-state index is 14.3. The van der Waals surface area contributed by atoms with Crippen molar-refractivity contribution in [3.8, 4) is 11.4 Å². The third kappa shape index (κ3) is 7.76. The first-order valence-electron chi connectivity index (χ1n) is 12.3. The smallest absolute Gasteiger partial charge is 0.404 e. The van der Waals surface area contributed by atoms with Gasteiger partial charge in [0.25, 0.3) is 5.56 Å². The molecule has 12 heteroatoms. The maximum atomic E-state index is 14.3. The Labute approximate surface area is 222 Å². The van der Waals surface area contributed by atoms with Crippen molar-refractivity contribution in [2.24, 2.45) is 5.92 Å². The normalized spacial score (nSPS) is 14.2. The van der Waals surface area contributed by atoms with Crippen molar-refractivity contribution >= 4 is 25.8 Å². The van der Waals surface area contributed by atoms with E-state index in [1.54, 1.807) is 57.3 Å². The third-order valence-electron chi connectivity index (χ3n) is 6.61. The number of carbonyl (C=O) groups is 2. The maximum Gasteiger partial charge on any atom is 0.415 e. The van der Waals surface area contributed by atoms with E-state index >= 15 is 0 Å². The number of hydrogen-bond donors (Lipinski definition) is 2. The van der Waals surface area contributed by atoms with Crippen LogP contribution >= 0.6 is 0 Å². The number of carbonyl (C=O) groups excluding carboxylic acids is 2. The molecule has 0 bridgehead atoms. The minimum Gasteiger partial charge on any atom is -0.404 e. The number of aromatic nitrogens is 2. The standard InChI is InChI=1S/C26H37F3N4O4Si/c1-16(2)21(22(26(27,28)29)37-38(7,8)25(4,5)6)32-20(35)15-33-23(18-12-10-9-11-13-18)30-14-19(24(33)36)31-17(3)34/h9-14,16,21-22H,15H2,1-8H3,(H,31,34)(H,32,35). The number of halogens is 3. The van der Waals surface area contributed by atoms with E-state index in [2.05, 4.69) is 15.6 Å². The Kier molecular flexibility index (Phi) is 9.71. The molecule has 210 valence electrons. The Bertz CT molecular complexity index is 1190. The summed E-state index contributed by atoms with van der Waals surface area (Å²) in [7, 11) is -2.87. The fourth-order valence-electron chi connectivity index (χ4n) is 3.54. The molecule has 2 aromatic rings. The molecule has 0 spiro atoms. The van der Waals surface area contributed by atoms with Gasteiger partial charge in [0.1, 0.15) is 18.1 Å². The van der Waals surface area contributed by atoms with Crippen LogP contribution in [0.4, 0.5) is 18.9 Å². The molecule has 0 fully saturated rings. The average molecular weight is 555 g/mol. The Balaban J connectivity index is 2.48. The van der Waals surface area contributed by atoms with Gasteiger partial charge in [0, 0.05) is 12.5 Å². The molecule has 38 heavy (non-hydrogen) atoms. The fourth-order valence-corrected chi connectivity index (χ4v) is 4.81. The largest absolute Gasteiger partial charge is 0.415 e. The summed E-state index contributed by atoms with van der Waals surface area (Å²) in [6.07, 6.45) is -5.79. The molecule has 0 saturated heterocycles. The van der Waals surface area contributed by atoms with E-state index in [1.165, 1.54) is 13.1 Å². The van der Waals surface area contributed by atoms with E-state index in [0.717, 1.165) is 4.57 Å². The van der Waals surface area contributed by atoms with Crippen molar-refractivity contribution in [2.45, 2.75) is 84.5 Å². The van der Waals surface area contributed by atoms with E-state index < -0.39 is 61.5 Å². The molecule has 0 aliphatic carbocycles. The monoisotopic (exact) mass is 554 g/mol. The van der Waals surface area contributed by atoms with Gasteiger partial charge in [0.05, 0.1) is 12.2 Å². The molecule has 2 unspecified atom stereocenters. The van der Waals surface area contributed by atoms with Gasteiger partial charge in [0.15, 0.2) is 14.4 Å². The van der Waals surface area contributed by atoms with Crippen molar-refractivity contribution in [3.63, 3.8) is 0 Å². The van der Waals surface area contributed by atoms with Gasteiger partial charge in [-0.1, -0.05) is 65.0 Å². The van der Waals surface area contributed by atoms with E-state index in [-0.39, 0.29) is 11.5 Å². The van der Waals surface area contributed by atoms with Crippen LogP contribution in [0, 0.1) is 5.92 Å². The van der Waals surface area contributed by atoms with E-state index in [0.29, 0.717) is 5.56 Å². The number of rotatable bonds is 9. The molecule has 2 rings (SSSR count). The lowest BCUT2D eigenvalue weighted by Crippen LogP contribution is -2.59. The summed E-state index contributed by atoms with van der Waals surface area (Å²) in [5.41, 5.74) is -0.350. The minimum absolute atomic E-state index is 0.130. The number of amides is 2. The van der Waals surface area contributed by atoms with E-state index in [4.69, 9.17) is 4.43 Å². The van der Waals surface area contributed by atoms with Crippen LogP contribution in [-0.4, -0.2) is 48.0 Å². The lowest BCUT2D eigenvalue weighted by atomic mass is 9.98. The molecule has 0 aliphatic heterocycles. The number of benzene rings is 1. The number of nitrogens with one attached hydrogen (secondary N) is 2. The summed E-state index contributed by atoms with van der Waals surface area (Å²) in [5, 5.41) is 4.36. The van der Waals surface area contributed by atoms with Crippen molar-refractivity contribution in [1.29, 1.82) is 0 Å². The molecular weight excluding hydrogens is 517 g/mol. The second-order valence-corrected chi connectivity index (χ2v) is 15.9. The zero-order valence-electron chi connectivity index (χ0n) is 23.1. The number of hydrogen-bond acceptors (Lipinski definition) is 5. The lowest BCUT2D eigenvalue weighted by molar-refractivity contribution is -0.210. The van der Waals surface area contributed by atoms with Gasteiger partial charge >= 0.3 is 6.18 Å². The highest BCUT2D eigenvalue weighted by Gasteiger charge is 2.52. The molecule has 1 heterocycles. The Morgan fingerprint density at radius 3 is 2.16 bits per heavy atom. The van der Waals surface area contributed by atoms with Crippen LogP contribution < -0.4 is 16.2 Å². The molecule has 1 aromatic heterocycles. The predicted molar refractivity (Wildman–Crippen MR) is 143 cm³/mol. The lowest BCUT2D eigenvalue weighted by Gasteiger charge is -2.42. The molecule has 2 amide bonds. The molecule has 0 saturated carbocycles. The zero-order chi connectivity index (χ0) is 29.1. The summed E-state index contributed by atoms with van der Waals surface area (Å²) < 4.78 is 49.7. The van der Waals surface area contributed by atoms with E-state index in [1.807, 2.05) is 20.8 Å². The van der Waals surface area contributed by atoms with Crippen LogP contribution in [-0.2, 0) is 20.6 Å². The zero-order valence-corrected chi connectivity index (χ0v) is 24.1. The SMILES string of the molecule is CC(=O)Nc1cnc(-c2ccccc2)n(CC(=O)NC(C(C)C)C(O[Si](C)(C)C(C)(C)C)C(F)(F)F)c1=O. The summed E-state index contributed by atoms with van der Waals surface area (Å²) in [5.74, 6) is -1.84. The second kappa shape index (κ2) is 11.8. The third-order valence-corrected chi connectivity index (χ3v) is 11.1. The van der Waals surface area contributed by atoms with Crippen LogP contribution in [0.5, 0.6) is 0 Å². The summed E-state index contributed by atoms with van der Waals surface area (Å²) in [6.45, 7) is 12.7. The van der Waals surface area contributed by atoms with Crippen LogP contribution in [0.1, 0.15) is 41.5 Å². The summed E-state index contributed by atoms with van der Waals surface area (Å²) >= 11 is 0. The van der Waals surface area contributed by atoms with E-state index in [9.17, 15) is 27.6 Å². The minimum atomic E-state index is -4.74. The van der Waals surface area contributed by atoms with Crippen molar-refractivity contribution in [3.05, 3.63) is 46.9 Å². The van der Waals surface area contributed by atoms with Gasteiger partial charge in [-0.2, -0.15) is 13.2 Å². The molecular formula is C26H37F3N4O4Si. The number of alkyl halides is 3. The van der Waals surface area contributed by atoms with Crippen molar-refractivity contribution in [2.75, 3.05) is 5.32 Å². The molecule has 0 aliphatic rings. The second-order valence-electron chi connectivity index (χ2n) is 11.1. The number of anilines is 1. The summed E-state index contributed by atoms with van der Waals surface area (Å²) in [6, 6.07) is 7.15. The predicted octanol–water partition coefficient (Wildman–Crippen LogP) is 4.96. The van der Waals surface area contributed by atoms with Gasteiger partial charge in [-0.05, 0) is 24.1 Å². The van der Waals surface area contributed by atoms with Gasteiger partial charge in [-0.3, -0.25) is 19.0 Å². The van der Waals surface area contributed by atoms with Crippen LogP contribution in [0.25, 0.3) is 11.4 Å². The molecule has 8 nitrogen and oxygen atoms in total. The Morgan fingerprint density at radius 1 is 1.11 bits per heavy atom. The highest BCUT2D eigenvalue weighted by molar-refractivity contribution is 6.74. The first-order chi connectivity index (χ1) is 17.3. The van der Waals surface area contributed by atoms with Crippen LogP contribution in [0.15, 0.2) is 41.3 Å². The molecule has 1 aromatic carbocycles. The summed E-state index contributed by atoms with van der Waals surface area (Å²) in [4.78, 5) is 42.2. The van der Waals surface area contributed by atoms with Gasteiger partial charge in [0.2, 0.25) is 11.8 Å². The Morgan fingerprint density at radius 2 is 1.68 bits per heavy atom. The molecule has 2 N–H and O–H groups in total. The average Bonchev–Trinajstić information content (AvgIpc) is 2.77.